The average Bonchev–Trinajstić information content (AvgIpc) is 3.20. The van der Waals surface area contributed by atoms with Crippen LogP contribution < -0.4 is 4.74 Å². The molecule has 8 nitrogen and oxygen atoms in total. The lowest BCUT2D eigenvalue weighted by Crippen LogP contribution is -2.48. The molecule has 0 N–H and O–H groups in total. The maximum Gasteiger partial charge on any atom is 0.233 e. The largest absolute Gasteiger partial charge is 0.496 e. The number of methoxy groups -OCH3 is 1. The average molecular weight is 442 g/mol. The summed E-state index contributed by atoms with van der Waals surface area (Å²) in [4.78, 5) is 18.7. The number of nitrogens with zero attached hydrogens (tertiary/aromatic N) is 3. The van der Waals surface area contributed by atoms with Gasteiger partial charge in [-0.2, -0.15) is 4.98 Å². The highest BCUT2D eigenvalue weighted by molar-refractivity contribution is 7.91. The van der Waals surface area contributed by atoms with Crippen molar-refractivity contribution in [2.24, 2.45) is 0 Å². The molecule has 3 aromatic rings. The Balaban J connectivity index is 1.29. The van der Waals surface area contributed by atoms with E-state index in [2.05, 4.69) is 10.1 Å². The first-order chi connectivity index (χ1) is 15.0. The fourth-order valence-electron chi connectivity index (χ4n) is 3.49. The highest BCUT2D eigenvalue weighted by Crippen LogP contribution is 2.27. The number of benzene rings is 2. The van der Waals surface area contributed by atoms with Crippen LogP contribution in [0.2, 0.25) is 0 Å². The van der Waals surface area contributed by atoms with Gasteiger partial charge in [-0.05, 0) is 18.2 Å². The number of hydrogen-bond acceptors (Lipinski definition) is 7. The van der Waals surface area contributed by atoms with Crippen LogP contribution in [0.5, 0.6) is 5.75 Å². The predicted molar refractivity (Wildman–Crippen MR) is 113 cm³/mol. The van der Waals surface area contributed by atoms with E-state index in [0.717, 1.165) is 11.3 Å². The summed E-state index contributed by atoms with van der Waals surface area (Å²) >= 11 is 0. The van der Waals surface area contributed by atoms with Crippen LogP contribution in [0, 0.1) is 0 Å². The highest BCUT2D eigenvalue weighted by Gasteiger charge is 2.35. The molecule has 1 aliphatic heterocycles. The topological polar surface area (TPSA) is 103 Å². The summed E-state index contributed by atoms with van der Waals surface area (Å²) in [6.07, 6.45) is 0.438. The van der Waals surface area contributed by atoms with Crippen molar-refractivity contribution in [1.82, 2.24) is 15.0 Å². The summed E-state index contributed by atoms with van der Waals surface area (Å²) in [5.41, 5.74) is 0.961. The number of aromatic nitrogens is 2. The summed E-state index contributed by atoms with van der Waals surface area (Å²) in [6, 6.07) is 15.8. The molecule has 1 aromatic heterocycles. The van der Waals surface area contributed by atoms with Crippen LogP contribution in [0.4, 0.5) is 0 Å². The number of carbonyl (C=O) groups is 1. The van der Waals surface area contributed by atoms with E-state index in [-0.39, 0.29) is 28.9 Å². The van der Waals surface area contributed by atoms with Crippen molar-refractivity contribution < 1.29 is 22.5 Å². The Morgan fingerprint density at radius 2 is 1.84 bits per heavy atom. The molecule has 2 aromatic carbocycles. The lowest BCUT2D eigenvalue weighted by atomic mass is 10.00. The molecule has 162 valence electrons. The normalized spacial score (nSPS) is 14.3. The van der Waals surface area contributed by atoms with Gasteiger partial charge in [0.05, 0.1) is 23.7 Å². The van der Waals surface area contributed by atoms with Crippen molar-refractivity contribution >= 4 is 15.7 Å². The van der Waals surface area contributed by atoms with E-state index < -0.39 is 9.84 Å². The van der Waals surface area contributed by atoms with Crippen molar-refractivity contribution in [3.63, 3.8) is 0 Å². The zero-order valence-electron chi connectivity index (χ0n) is 17.1. The molecule has 1 fully saturated rings. The molecule has 0 unspecified atom stereocenters. The monoisotopic (exact) mass is 441 g/mol. The molecule has 2 heterocycles. The van der Waals surface area contributed by atoms with Crippen LogP contribution in [0.25, 0.3) is 0 Å². The number of carbonyl (C=O) groups excluding carboxylic acids is 1. The molecule has 0 aliphatic carbocycles. The van der Waals surface area contributed by atoms with Gasteiger partial charge in [-0.1, -0.05) is 41.6 Å². The summed E-state index contributed by atoms with van der Waals surface area (Å²) < 4.78 is 35.4. The SMILES string of the molecule is COc1ccccc1Cc1noc(C2CN(C(=O)CCS(=O)(=O)c3ccccc3)C2)n1. The Labute approximate surface area is 180 Å². The van der Waals surface area contributed by atoms with E-state index in [1.807, 2.05) is 24.3 Å². The van der Waals surface area contributed by atoms with Crippen LogP contribution in [0.1, 0.15) is 29.6 Å². The number of likely N-dealkylation sites (tertiary alicyclic amines) is 1. The Kier molecular flexibility index (Phi) is 6.03. The first-order valence-corrected chi connectivity index (χ1v) is 11.6. The van der Waals surface area contributed by atoms with E-state index in [1.165, 1.54) is 12.1 Å². The second-order valence-electron chi connectivity index (χ2n) is 7.42. The van der Waals surface area contributed by atoms with Gasteiger partial charge in [0.15, 0.2) is 15.7 Å². The minimum Gasteiger partial charge on any atom is -0.496 e. The third kappa shape index (κ3) is 4.77. The van der Waals surface area contributed by atoms with Gasteiger partial charge in [0.1, 0.15) is 5.75 Å². The van der Waals surface area contributed by atoms with Crippen molar-refractivity contribution in [1.29, 1.82) is 0 Å². The zero-order chi connectivity index (χ0) is 21.8. The van der Waals surface area contributed by atoms with Crippen molar-refractivity contribution in [3.05, 3.63) is 71.9 Å². The maximum atomic E-state index is 12.4. The molecule has 0 radical (unpaired) electrons. The van der Waals surface area contributed by atoms with E-state index in [9.17, 15) is 13.2 Å². The standard InChI is InChI=1S/C22H23N3O5S/c1-29-19-10-6-5-7-16(19)13-20-23-22(30-24-20)17-14-25(15-17)21(26)11-12-31(27,28)18-8-3-2-4-9-18/h2-10,17H,11-15H2,1H3. The Morgan fingerprint density at radius 1 is 1.13 bits per heavy atom. The second kappa shape index (κ2) is 8.89. The van der Waals surface area contributed by atoms with Gasteiger partial charge in [0.25, 0.3) is 0 Å². The molecule has 9 heteroatoms. The van der Waals surface area contributed by atoms with Crippen molar-refractivity contribution in [2.45, 2.75) is 23.7 Å². The van der Waals surface area contributed by atoms with E-state index in [0.29, 0.717) is 31.2 Å². The van der Waals surface area contributed by atoms with Crippen molar-refractivity contribution in [2.75, 3.05) is 26.0 Å². The van der Waals surface area contributed by atoms with Crippen LogP contribution in [0.15, 0.2) is 64.0 Å². The summed E-state index contributed by atoms with van der Waals surface area (Å²) in [7, 11) is -1.85. The Morgan fingerprint density at radius 3 is 2.58 bits per heavy atom. The molecule has 31 heavy (non-hydrogen) atoms. The minimum atomic E-state index is -3.47. The lowest BCUT2D eigenvalue weighted by Gasteiger charge is -2.37. The second-order valence-corrected chi connectivity index (χ2v) is 9.52. The fourth-order valence-corrected chi connectivity index (χ4v) is 4.74. The molecule has 1 amide bonds. The van der Waals surface area contributed by atoms with Gasteiger partial charge < -0.3 is 14.2 Å². The molecule has 0 saturated carbocycles. The van der Waals surface area contributed by atoms with Crippen molar-refractivity contribution in [3.8, 4) is 5.75 Å². The summed E-state index contributed by atoms with van der Waals surface area (Å²) in [6.45, 7) is 0.890. The highest BCUT2D eigenvalue weighted by atomic mass is 32.2. The number of ether oxygens (including phenoxy) is 1. The predicted octanol–water partition coefficient (Wildman–Crippen LogP) is 2.46. The van der Waals surface area contributed by atoms with Gasteiger partial charge in [-0.3, -0.25) is 4.79 Å². The Bertz CT molecular complexity index is 1150. The number of para-hydroxylation sites is 1. The fraction of sp³-hybridized carbons (Fsp3) is 0.318. The van der Waals surface area contributed by atoms with Gasteiger partial charge in [0, 0.05) is 31.5 Å². The molecular formula is C22H23N3O5S. The molecule has 0 bridgehead atoms. The maximum absolute atomic E-state index is 12.4. The quantitative estimate of drug-likeness (QED) is 0.529. The third-order valence-electron chi connectivity index (χ3n) is 5.30. The molecular weight excluding hydrogens is 418 g/mol. The smallest absolute Gasteiger partial charge is 0.233 e. The Hall–Kier alpha value is -3.20. The number of sulfone groups is 1. The number of amides is 1. The van der Waals surface area contributed by atoms with Crippen LogP contribution in [-0.4, -0.2) is 55.3 Å². The van der Waals surface area contributed by atoms with E-state index in [4.69, 9.17) is 9.26 Å². The van der Waals surface area contributed by atoms with Gasteiger partial charge in [-0.15, -0.1) is 0 Å². The molecule has 0 spiro atoms. The summed E-state index contributed by atoms with van der Waals surface area (Å²) in [5.74, 6) is 1.38. The number of rotatable bonds is 8. The van der Waals surface area contributed by atoms with Crippen LogP contribution in [-0.2, 0) is 21.1 Å². The van der Waals surface area contributed by atoms with Crippen LogP contribution in [0.3, 0.4) is 0 Å². The molecule has 1 saturated heterocycles. The van der Waals surface area contributed by atoms with E-state index >= 15 is 0 Å². The summed E-state index contributed by atoms with van der Waals surface area (Å²) in [5, 5.41) is 4.04. The van der Waals surface area contributed by atoms with Gasteiger partial charge in [-0.25, -0.2) is 8.42 Å². The first kappa shape index (κ1) is 21.0. The van der Waals surface area contributed by atoms with Gasteiger partial charge in [0.2, 0.25) is 11.8 Å². The molecule has 0 atom stereocenters. The number of hydrogen-bond donors (Lipinski definition) is 0. The lowest BCUT2D eigenvalue weighted by molar-refractivity contribution is -0.135. The van der Waals surface area contributed by atoms with E-state index in [1.54, 1.807) is 30.2 Å². The first-order valence-electron chi connectivity index (χ1n) is 9.96. The molecule has 1 aliphatic rings. The molecule has 4 rings (SSSR count). The third-order valence-corrected chi connectivity index (χ3v) is 7.03. The zero-order valence-corrected chi connectivity index (χ0v) is 17.9. The van der Waals surface area contributed by atoms with Gasteiger partial charge >= 0.3 is 0 Å². The van der Waals surface area contributed by atoms with Crippen LogP contribution >= 0.6 is 0 Å². The minimum absolute atomic E-state index is 0.0337.